The van der Waals surface area contributed by atoms with Crippen molar-refractivity contribution in [3.8, 4) is 11.5 Å². The summed E-state index contributed by atoms with van der Waals surface area (Å²) in [6.45, 7) is 7.31. The molecule has 5 heteroatoms. The molecule has 0 aliphatic carbocycles. The predicted molar refractivity (Wildman–Crippen MR) is 114 cm³/mol. The first-order chi connectivity index (χ1) is 13.9. The number of methoxy groups -OCH3 is 1. The second kappa shape index (κ2) is 9.42. The molecule has 0 aromatic heterocycles. The summed E-state index contributed by atoms with van der Waals surface area (Å²) in [5.41, 5.74) is 3.09. The Balaban J connectivity index is 1.72. The molecule has 0 bridgehead atoms. The molecule has 2 aromatic rings. The van der Waals surface area contributed by atoms with Gasteiger partial charge in [-0.2, -0.15) is 0 Å². The number of carbonyl (C=O) groups excluding carboxylic acids is 1. The highest BCUT2D eigenvalue weighted by Crippen LogP contribution is 2.36. The van der Waals surface area contributed by atoms with Crippen molar-refractivity contribution >= 4 is 5.78 Å². The van der Waals surface area contributed by atoms with Gasteiger partial charge in [0, 0.05) is 12.5 Å². The van der Waals surface area contributed by atoms with Crippen molar-refractivity contribution in [2.75, 3.05) is 20.3 Å². The van der Waals surface area contributed by atoms with E-state index in [-0.39, 0.29) is 24.0 Å². The third-order valence-corrected chi connectivity index (χ3v) is 4.92. The standard InChI is InChI=1S/C24H31NO4/c1-24(2,3)29-16-19(26)13-21-20-14-22(27-4)23(12-18(20)10-11-25-21)28-15-17-8-6-5-7-9-17/h5-9,12,14,21,25H,10-11,13,15-16H2,1-4H3/t21-/m0/s1. The Labute approximate surface area is 173 Å². The molecule has 0 fully saturated rings. The van der Waals surface area contributed by atoms with Crippen LogP contribution in [0.4, 0.5) is 0 Å². The van der Waals surface area contributed by atoms with Crippen LogP contribution in [0.5, 0.6) is 11.5 Å². The van der Waals surface area contributed by atoms with Crippen LogP contribution in [0.1, 0.15) is 49.9 Å². The van der Waals surface area contributed by atoms with Gasteiger partial charge in [0.15, 0.2) is 17.3 Å². The largest absolute Gasteiger partial charge is 0.493 e. The van der Waals surface area contributed by atoms with E-state index in [1.165, 1.54) is 5.56 Å². The minimum Gasteiger partial charge on any atom is -0.493 e. The van der Waals surface area contributed by atoms with Crippen molar-refractivity contribution in [2.24, 2.45) is 0 Å². The maximum absolute atomic E-state index is 12.4. The van der Waals surface area contributed by atoms with E-state index in [0.29, 0.717) is 18.8 Å². The first-order valence-corrected chi connectivity index (χ1v) is 10.1. The van der Waals surface area contributed by atoms with Crippen molar-refractivity contribution in [3.63, 3.8) is 0 Å². The Morgan fingerprint density at radius 1 is 1.14 bits per heavy atom. The SMILES string of the molecule is COc1cc2c(cc1OCc1ccccc1)CCN[C@H]2CC(=O)COC(C)(C)C. The molecule has 3 rings (SSSR count). The number of hydrogen-bond donors (Lipinski definition) is 1. The van der Waals surface area contributed by atoms with Gasteiger partial charge in [0.25, 0.3) is 0 Å². The minimum atomic E-state index is -0.318. The second-order valence-corrected chi connectivity index (χ2v) is 8.38. The number of rotatable bonds is 8. The highest BCUT2D eigenvalue weighted by atomic mass is 16.5. The van der Waals surface area contributed by atoms with Crippen LogP contribution in [0.25, 0.3) is 0 Å². The van der Waals surface area contributed by atoms with E-state index in [1.807, 2.05) is 57.2 Å². The van der Waals surface area contributed by atoms with Gasteiger partial charge in [0.1, 0.15) is 13.2 Å². The normalized spacial score (nSPS) is 16.2. The van der Waals surface area contributed by atoms with E-state index in [1.54, 1.807) is 7.11 Å². The molecule has 0 unspecified atom stereocenters. The smallest absolute Gasteiger partial charge is 0.161 e. The third kappa shape index (κ3) is 6.05. The molecule has 1 heterocycles. The average Bonchev–Trinajstić information content (AvgIpc) is 2.70. The van der Waals surface area contributed by atoms with Crippen molar-refractivity contribution in [2.45, 2.75) is 51.9 Å². The zero-order valence-corrected chi connectivity index (χ0v) is 17.8. The van der Waals surface area contributed by atoms with Gasteiger partial charge in [-0.15, -0.1) is 0 Å². The van der Waals surface area contributed by atoms with E-state index in [0.717, 1.165) is 29.8 Å². The summed E-state index contributed by atoms with van der Waals surface area (Å²) >= 11 is 0. The number of hydrogen-bond acceptors (Lipinski definition) is 5. The monoisotopic (exact) mass is 397 g/mol. The van der Waals surface area contributed by atoms with Crippen LogP contribution >= 0.6 is 0 Å². The molecule has 1 N–H and O–H groups in total. The lowest BCUT2D eigenvalue weighted by Gasteiger charge is -2.28. The Bertz CT molecular complexity index is 827. The number of Topliss-reactive ketones (excluding diaryl/α,β-unsaturated/α-hetero) is 1. The Hall–Kier alpha value is -2.37. The molecular formula is C24H31NO4. The van der Waals surface area contributed by atoms with Gasteiger partial charge in [0.2, 0.25) is 0 Å². The van der Waals surface area contributed by atoms with Crippen LogP contribution in [0.15, 0.2) is 42.5 Å². The van der Waals surface area contributed by atoms with Gasteiger partial charge in [0.05, 0.1) is 12.7 Å². The number of ketones is 1. The summed E-state index contributed by atoms with van der Waals surface area (Å²) in [5.74, 6) is 1.51. The summed E-state index contributed by atoms with van der Waals surface area (Å²) < 4.78 is 17.3. The van der Waals surface area contributed by atoms with Gasteiger partial charge in [-0.3, -0.25) is 4.79 Å². The lowest BCUT2D eigenvalue weighted by atomic mass is 9.91. The van der Waals surface area contributed by atoms with Crippen LogP contribution in [-0.4, -0.2) is 31.6 Å². The molecule has 2 aromatic carbocycles. The van der Waals surface area contributed by atoms with Crippen LogP contribution in [0.3, 0.4) is 0 Å². The van der Waals surface area contributed by atoms with Gasteiger partial charge in [-0.25, -0.2) is 0 Å². The van der Waals surface area contributed by atoms with E-state index in [2.05, 4.69) is 11.4 Å². The fourth-order valence-corrected chi connectivity index (χ4v) is 3.42. The highest BCUT2D eigenvalue weighted by Gasteiger charge is 2.25. The van der Waals surface area contributed by atoms with E-state index in [4.69, 9.17) is 14.2 Å². The number of carbonyl (C=O) groups is 1. The summed E-state index contributed by atoms with van der Waals surface area (Å²) in [5, 5.41) is 3.46. The van der Waals surface area contributed by atoms with E-state index in [9.17, 15) is 4.79 Å². The molecular weight excluding hydrogens is 366 g/mol. The van der Waals surface area contributed by atoms with Gasteiger partial charge in [-0.05, 0) is 62.6 Å². The van der Waals surface area contributed by atoms with Crippen molar-refractivity contribution in [3.05, 3.63) is 59.2 Å². The van der Waals surface area contributed by atoms with Crippen molar-refractivity contribution < 1.29 is 19.0 Å². The number of fused-ring (bicyclic) bond motifs is 1. The van der Waals surface area contributed by atoms with Crippen molar-refractivity contribution in [1.82, 2.24) is 5.32 Å². The fourth-order valence-electron chi connectivity index (χ4n) is 3.42. The molecule has 1 aliphatic heterocycles. The van der Waals surface area contributed by atoms with Crippen molar-refractivity contribution in [1.29, 1.82) is 0 Å². The number of ether oxygens (including phenoxy) is 3. The first kappa shape index (κ1) is 21.3. The quantitative estimate of drug-likeness (QED) is 0.722. The summed E-state index contributed by atoms with van der Waals surface area (Å²) in [6.07, 6.45) is 1.29. The summed E-state index contributed by atoms with van der Waals surface area (Å²) in [6, 6.07) is 14.1. The van der Waals surface area contributed by atoms with E-state index >= 15 is 0 Å². The third-order valence-electron chi connectivity index (χ3n) is 4.92. The maximum Gasteiger partial charge on any atom is 0.161 e. The lowest BCUT2D eigenvalue weighted by molar-refractivity contribution is -0.129. The van der Waals surface area contributed by atoms with Crippen LogP contribution < -0.4 is 14.8 Å². The minimum absolute atomic E-state index is 0.0353. The molecule has 0 amide bonds. The molecule has 1 atom stereocenters. The molecule has 0 radical (unpaired) electrons. The Morgan fingerprint density at radius 3 is 2.59 bits per heavy atom. The molecule has 0 saturated heterocycles. The predicted octanol–water partition coefficient (Wildman–Crippen LogP) is 4.24. The Kier molecular flexibility index (Phi) is 6.93. The van der Waals surface area contributed by atoms with Crippen LogP contribution in [0, 0.1) is 0 Å². The van der Waals surface area contributed by atoms with Crippen LogP contribution in [-0.2, 0) is 22.6 Å². The van der Waals surface area contributed by atoms with Crippen LogP contribution in [0.2, 0.25) is 0 Å². The fraction of sp³-hybridized carbons (Fsp3) is 0.458. The topological polar surface area (TPSA) is 56.8 Å². The van der Waals surface area contributed by atoms with Gasteiger partial charge >= 0.3 is 0 Å². The average molecular weight is 398 g/mol. The molecule has 5 nitrogen and oxygen atoms in total. The second-order valence-electron chi connectivity index (χ2n) is 8.38. The Morgan fingerprint density at radius 2 is 1.90 bits per heavy atom. The summed E-state index contributed by atoms with van der Waals surface area (Å²) in [4.78, 5) is 12.4. The first-order valence-electron chi connectivity index (χ1n) is 10.1. The molecule has 29 heavy (non-hydrogen) atoms. The zero-order chi connectivity index (χ0) is 20.9. The molecule has 0 spiro atoms. The maximum atomic E-state index is 12.4. The molecule has 156 valence electrons. The van der Waals surface area contributed by atoms with Gasteiger partial charge in [-0.1, -0.05) is 30.3 Å². The molecule has 0 saturated carbocycles. The number of benzene rings is 2. The highest BCUT2D eigenvalue weighted by molar-refractivity contribution is 5.80. The zero-order valence-electron chi connectivity index (χ0n) is 17.8. The van der Waals surface area contributed by atoms with E-state index < -0.39 is 0 Å². The number of nitrogens with one attached hydrogen (secondary N) is 1. The molecule has 1 aliphatic rings. The van der Waals surface area contributed by atoms with Gasteiger partial charge < -0.3 is 19.5 Å². The lowest BCUT2D eigenvalue weighted by Crippen LogP contribution is -2.33. The summed E-state index contributed by atoms with van der Waals surface area (Å²) in [7, 11) is 1.64.